The molecule has 0 radical (unpaired) electrons. The predicted molar refractivity (Wildman–Crippen MR) is 97.6 cm³/mol. The molecule has 1 aliphatic rings. The molecule has 0 bridgehead atoms. The molecule has 0 saturated heterocycles. The van der Waals surface area contributed by atoms with Gasteiger partial charge in [-0.2, -0.15) is 0 Å². The van der Waals surface area contributed by atoms with Crippen molar-refractivity contribution < 1.29 is 0 Å². The highest BCUT2D eigenvalue weighted by Crippen LogP contribution is 2.60. The monoisotopic (exact) mass is 297 g/mol. The number of unbranched alkanes of at least 4 members (excludes halogenated alkanes) is 4. The molecule has 21 heavy (non-hydrogen) atoms. The first kappa shape index (κ1) is 14.8. The van der Waals surface area contributed by atoms with Crippen LogP contribution in [0.2, 0.25) is 0 Å². The summed E-state index contributed by atoms with van der Waals surface area (Å²) in [6, 6.07) is 18.2. The van der Waals surface area contributed by atoms with Gasteiger partial charge in [0.1, 0.15) is 10.6 Å². The smallest absolute Gasteiger partial charge is 0.0654 e. The lowest BCUT2D eigenvalue weighted by Gasteiger charge is -2.19. The van der Waals surface area contributed by atoms with Crippen molar-refractivity contribution in [2.75, 3.05) is 12.8 Å². The van der Waals surface area contributed by atoms with Crippen molar-refractivity contribution in [2.24, 2.45) is 0 Å². The summed E-state index contributed by atoms with van der Waals surface area (Å²) in [7, 11) is -1.15. The first-order valence-electron chi connectivity index (χ1n) is 8.32. The second-order valence-electron chi connectivity index (χ2n) is 6.36. The molecule has 0 atom stereocenters. The van der Waals surface area contributed by atoms with Gasteiger partial charge in [-0.3, -0.25) is 0 Å². The lowest BCUT2D eigenvalue weighted by molar-refractivity contribution is 0.658. The first-order chi connectivity index (χ1) is 10.3. The van der Waals surface area contributed by atoms with Crippen LogP contribution in [0.1, 0.15) is 39.0 Å². The molecule has 1 heteroatoms. The van der Waals surface area contributed by atoms with E-state index in [1.54, 1.807) is 10.6 Å². The van der Waals surface area contributed by atoms with Crippen LogP contribution in [0.15, 0.2) is 48.5 Å². The van der Waals surface area contributed by atoms with E-state index >= 15 is 0 Å². The van der Waals surface area contributed by atoms with Gasteiger partial charge in [0.2, 0.25) is 0 Å². The molecule has 2 aromatic rings. The summed E-state index contributed by atoms with van der Waals surface area (Å²) in [5, 5.41) is 3.28. The van der Waals surface area contributed by atoms with Crippen LogP contribution in [0.3, 0.4) is 0 Å². The summed E-state index contributed by atoms with van der Waals surface area (Å²) >= 11 is 0. The zero-order chi connectivity index (χ0) is 14.7. The maximum atomic E-state index is 2.55. The van der Waals surface area contributed by atoms with Gasteiger partial charge in [0.05, 0.1) is 20.1 Å². The van der Waals surface area contributed by atoms with Crippen LogP contribution in [-0.2, 0) is 0 Å². The van der Waals surface area contributed by atoms with E-state index in [4.69, 9.17) is 0 Å². The van der Waals surface area contributed by atoms with Crippen LogP contribution >= 0.6 is 7.26 Å². The van der Waals surface area contributed by atoms with Gasteiger partial charge in [-0.25, -0.2) is 0 Å². The molecule has 1 heterocycles. The zero-order valence-corrected chi connectivity index (χ0v) is 14.2. The van der Waals surface area contributed by atoms with E-state index < -0.39 is 7.26 Å². The molecule has 3 rings (SSSR count). The Bertz CT molecular complexity index is 569. The Balaban J connectivity index is 1.87. The van der Waals surface area contributed by atoms with Crippen molar-refractivity contribution in [3.63, 3.8) is 0 Å². The molecule has 0 aromatic heterocycles. The van der Waals surface area contributed by atoms with Crippen molar-refractivity contribution in [1.29, 1.82) is 0 Å². The molecule has 0 unspecified atom stereocenters. The Kier molecular flexibility index (Phi) is 4.45. The third-order valence-electron chi connectivity index (χ3n) is 4.87. The highest BCUT2D eigenvalue weighted by Gasteiger charge is 2.46. The number of hydrogen-bond donors (Lipinski definition) is 0. The van der Waals surface area contributed by atoms with Gasteiger partial charge in [0.25, 0.3) is 0 Å². The Labute approximate surface area is 129 Å². The first-order valence-corrected chi connectivity index (χ1v) is 10.7. The molecule has 0 nitrogen and oxygen atoms in total. The van der Waals surface area contributed by atoms with Gasteiger partial charge in [0, 0.05) is 11.1 Å². The average Bonchev–Trinajstić information content (AvgIpc) is 2.78. The van der Waals surface area contributed by atoms with Gasteiger partial charge < -0.3 is 0 Å². The minimum absolute atomic E-state index is 1.15. The molecular formula is C20H26P+. The highest BCUT2D eigenvalue weighted by atomic mass is 31.2. The molecule has 0 spiro atoms. The Morgan fingerprint density at radius 3 is 1.81 bits per heavy atom. The van der Waals surface area contributed by atoms with Crippen LogP contribution < -0.4 is 10.6 Å². The van der Waals surface area contributed by atoms with Crippen molar-refractivity contribution >= 4 is 17.9 Å². The van der Waals surface area contributed by atoms with Crippen molar-refractivity contribution in [3.8, 4) is 11.1 Å². The lowest BCUT2D eigenvalue weighted by atomic mass is 10.1. The van der Waals surface area contributed by atoms with E-state index in [1.165, 1.54) is 49.4 Å². The van der Waals surface area contributed by atoms with E-state index in [-0.39, 0.29) is 0 Å². The molecule has 2 aromatic carbocycles. The van der Waals surface area contributed by atoms with Crippen molar-refractivity contribution in [3.05, 3.63) is 48.5 Å². The number of fused-ring (bicyclic) bond motifs is 3. The van der Waals surface area contributed by atoms with E-state index in [0.717, 1.165) is 0 Å². The summed E-state index contributed by atoms with van der Waals surface area (Å²) < 4.78 is 0. The topological polar surface area (TPSA) is 0 Å². The highest BCUT2D eigenvalue weighted by molar-refractivity contribution is 7.90. The summed E-state index contributed by atoms with van der Waals surface area (Å²) in [5.74, 6) is 0. The number of rotatable bonds is 6. The van der Waals surface area contributed by atoms with E-state index in [1.807, 2.05) is 0 Å². The minimum atomic E-state index is -1.15. The van der Waals surface area contributed by atoms with Gasteiger partial charge in [-0.1, -0.05) is 62.6 Å². The van der Waals surface area contributed by atoms with Crippen LogP contribution in [0, 0.1) is 0 Å². The van der Waals surface area contributed by atoms with Crippen LogP contribution in [-0.4, -0.2) is 12.8 Å². The Morgan fingerprint density at radius 2 is 1.24 bits per heavy atom. The summed E-state index contributed by atoms with van der Waals surface area (Å²) in [5.41, 5.74) is 3.00. The molecule has 0 amide bonds. The maximum absolute atomic E-state index is 2.55. The Morgan fingerprint density at radius 1 is 0.714 bits per heavy atom. The average molecular weight is 297 g/mol. The second-order valence-corrected chi connectivity index (χ2v) is 10.2. The van der Waals surface area contributed by atoms with Crippen LogP contribution in [0.4, 0.5) is 0 Å². The van der Waals surface area contributed by atoms with E-state index in [0.29, 0.717) is 0 Å². The lowest BCUT2D eigenvalue weighted by Crippen LogP contribution is -2.19. The van der Waals surface area contributed by atoms with Crippen LogP contribution in [0.5, 0.6) is 0 Å². The van der Waals surface area contributed by atoms with Crippen molar-refractivity contribution in [1.82, 2.24) is 0 Å². The normalized spacial score (nSPS) is 14.8. The van der Waals surface area contributed by atoms with Gasteiger partial charge in [-0.15, -0.1) is 0 Å². The third kappa shape index (κ3) is 2.67. The van der Waals surface area contributed by atoms with E-state index in [2.05, 4.69) is 62.1 Å². The van der Waals surface area contributed by atoms with Gasteiger partial charge in [-0.05, 0) is 25.0 Å². The van der Waals surface area contributed by atoms with Gasteiger partial charge >= 0.3 is 0 Å². The Hall–Kier alpha value is -1.13. The second kappa shape index (κ2) is 6.32. The summed E-state index contributed by atoms with van der Waals surface area (Å²) in [4.78, 5) is 0. The molecular weight excluding hydrogens is 271 g/mol. The fraction of sp³-hybridized carbons (Fsp3) is 0.400. The fourth-order valence-electron chi connectivity index (χ4n) is 3.67. The largest absolute Gasteiger partial charge is 0.107 e. The third-order valence-corrected chi connectivity index (χ3v) is 8.99. The van der Waals surface area contributed by atoms with Crippen molar-refractivity contribution in [2.45, 2.75) is 39.0 Å². The molecule has 110 valence electrons. The van der Waals surface area contributed by atoms with E-state index in [9.17, 15) is 0 Å². The maximum Gasteiger partial charge on any atom is 0.107 e. The molecule has 0 N–H and O–H groups in total. The summed E-state index contributed by atoms with van der Waals surface area (Å²) in [6.07, 6.45) is 8.28. The number of benzene rings is 2. The summed E-state index contributed by atoms with van der Waals surface area (Å²) in [6.45, 7) is 4.84. The zero-order valence-electron chi connectivity index (χ0n) is 13.3. The standard InChI is InChI=1S/C20H26P/c1-3-4-5-6-11-16-21(2)19-14-9-7-12-17(19)18-13-8-10-15-20(18)21/h7-10,12-15H,3-6,11,16H2,1-2H3/q+1. The minimum Gasteiger partial charge on any atom is -0.0654 e. The molecule has 0 saturated carbocycles. The molecule has 0 fully saturated rings. The number of hydrogen-bond acceptors (Lipinski definition) is 0. The quantitative estimate of drug-likeness (QED) is 0.505. The SMILES string of the molecule is CCCCCCC[P+]1(C)c2ccccc2-c2ccccc21. The molecule has 0 aliphatic carbocycles. The van der Waals surface area contributed by atoms with Crippen LogP contribution in [0.25, 0.3) is 11.1 Å². The predicted octanol–water partition coefficient (Wildman–Crippen LogP) is 5.24. The van der Waals surface area contributed by atoms with Gasteiger partial charge in [0.15, 0.2) is 0 Å². The molecule has 1 aliphatic heterocycles. The fourth-order valence-corrected chi connectivity index (χ4v) is 7.55.